The number of rotatable bonds is 5. The highest BCUT2D eigenvalue weighted by molar-refractivity contribution is 5.81. The number of likely N-dealkylation sites (tertiary alicyclic amines) is 1. The zero-order valence-electron chi connectivity index (χ0n) is 17.1. The molecule has 0 bridgehead atoms. The average molecular weight is 413 g/mol. The summed E-state index contributed by atoms with van der Waals surface area (Å²) in [5, 5.41) is 15.8. The number of aromatic nitrogens is 3. The van der Waals surface area contributed by atoms with Crippen LogP contribution in [0.25, 0.3) is 22.5 Å². The second-order valence-electron chi connectivity index (χ2n) is 8.44. The Balaban J connectivity index is 1.33. The van der Waals surface area contributed by atoms with E-state index in [1.807, 2.05) is 41.3 Å². The summed E-state index contributed by atoms with van der Waals surface area (Å²) < 4.78 is 1.69. The number of carbonyl (C=O) groups is 1. The summed E-state index contributed by atoms with van der Waals surface area (Å²) in [6, 6.07) is 17.5. The van der Waals surface area contributed by atoms with Crippen molar-refractivity contribution in [3.8, 4) is 28.6 Å². The van der Waals surface area contributed by atoms with Gasteiger partial charge in [-0.25, -0.2) is 9.89 Å². The van der Waals surface area contributed by atoms with E-state index >= 15 is 0 Å². The largest absolute Gasteiger partial charge is 0.343 e. The van der Waals surface area contributed by atoms with Crippen LogP contribution in [-0.4, -0.2) is 38.7 Å². The summed E-state index contributed by atoms with van der Waals surface area (Å²) in [4.78, 5) is 26.7. The van der Waals surface area contributed by atoms with Gasteiger partial charge in [-0.15, -0.1) is 0 Å². The summed E-state index contributed by atoms with van der Waals surface area (Å²) >= 11 is 0. The molecule has 2 aromatic carbocycles. The van der Waals surface area contributed by atoms with Crippen LogP contribution in [0.1, 0.15) is 24.8 Å². The number of nitrogens with one attached hydrogen (secondary N) is 1. The summed E-state index contributed by atoms with van der Waals surface area (Å²) in [5.41, 5.74) is 3.32. The zero-order valence-corrected chi connectivity index (χ0v) is 17.1. The smallest absolute Gasteiger partial charge is 0.342 e. The van der Waals surface area contributed by atoms with E-state index in [-0.39, 0.29) is 23.4 Å². The zero-order chi connectivity index (χ0) is 21.4. The van der Waals surface area contributed by atoms with Crippen LogP contribution in [0.5, 0.6) is 0 Å². The lowest BCUT2D eigenvalue weighted by molar-refractivity contribution is -0.131. The lowest BCUT2D eigenvalue weighted by Crippen LogP contribution is -2.31. The quantitative estimate of drug-likeness (QED) is 0.696. The Bertz CT molecular complexity index is 1200. The lowest BCUT2D eigenvalue weighted by atomic mass is 10.0. The molecule has 1 aliphatic heterocycles. The number of aromatic amines is 1. The molecule has 31 heavy (non-hydrogen) atoms. The maximum absolute atomic E-state index is 12.4. The Morgan fingerprint density at radius 2 is 1.68 bits per heavy atom. The van der Waals surface area contributed by atoms with Gasteiger partial charge in [0.05, 0.1) is 11.6 Å². The van der Waals surface area contributed by atoms with Gasteiger partial charge in [0.1, 0.15) is 0 Å². The van der Waals surface area contributed by atoms with Crippen LogP contribution in [0.2, 0.25) is 0 Å². The number of amides is 1. The second kappa shape index (κ2) is 7.88. The van der Waals surface area contributed by atoms with Crippen molar-refractivity contribution >= 4 is 5.91 Å². The number of nitrogens with zero attached hydrogens (tertiary/aromatic N) is 4. The minimum absolute atomic E-state index is 0.224. The molecule has 5 rings (SSSR count). The Morgan fingerprint density at radius 3 is 2.32 bits per heavy atom. The van der Waals surface area contributed by atoms with Gasteiger partial charge in [0, 0.05) is 31.1 Å². The molecule has 3 aromatic rings. The van der Waals surface area contributed by atoms with Gasteiger partial charge in [-0.2, -0.15) is 10.4 Å². The second-order valence-corrected chi connectivity index (χ2v) is 8.44. The molecular weight excluding hydrogens is 390 g/mol. The molecule has 7 nitrogen and oxygen atoms in total. The fourth-order valence-electron chi connectivity index (χ4n) is 4.28. The number of hydrogen-bond acceptors (Lipinski definition) is 4. The Kier molecular flexibility index (Phi) is 4.91. The van der Waals surface area contributed by atoms with E-state index in [2.05, 4.69) is 16.3 Å². The van der Waals surface area contributed by atoms with E-state index in [1.165, 1.54) is 0 Å². The molecule has 1 amide bonds. The van der Waals surface area contributed by atoms with Crippen LogP contribution in [0.4, 0.5) is 0 Å². The third-order valence-corrected chi connectivity index (χ3v) is 6.21. The molecule has 156 valence electrons. The molecule has 2 heterocycles. The number of carbonyl (C=O) groups excluding carboxylic acids is 1. The third-order valence-electron chi connectivity index (χ3n) is 6.21. The molecule has 0 unspecified atom stereocenters. The first kappa shape index (κ1) is 19.3. The van der Waals surface area contributed by atoms with E-state index in [4.69, 9.17) is 5.26 Å². The van der Waals surface area contributed by atoms with E-state index in [0.717, 1.165) is 42.5 Å². The minimum Gasteiger partial charge on any atom is -0.342 e. The van der Waals surface area contributed by atoms with Crippen molar-refractivity contribution in [3.63, 3.8) is 0 Å². The average Bonchev–Trinajstić information content (AvgIpc) is 3.46. The lowest BCUT2D eigenvalue weighted by Gasteiger charge is -2.16. The molecule has 2 fully saturated rings. The highest BCUT2D eigenvalue weighted by Crippen LogP contribution is 2.33. The van der Waals surface area contributed by atoms with E-state index in [1.54, 1.807) is 16.7 Å². The van der Waals surface area contributed by atoms with E-state index in [0.29, 0.717) is 24.5 Å². The molecule has 1 saturated heterocycles. The van der Waals surface area contributed by atoms with Crippen LogP contribution in [0.3, 0.4) is 0 Å². The molecule has 1 N–H and O–H groups in total. The third kappa shape index (κ3) is 3.89. The van der Waals surface area contributed by atoms with Gasteiger partial charge in [-0.3, -0.25) is 9.36 Å². The first-order chi connectivity index (χ1) is 15.1. The molecule has 0 radical (unpaired) electrons. The van der Waals surface area contributed by atoms with Crippen molar-refractivity contribution < 1.29 is 4.79 Å². The summed E-state index contributed by atoms with van der Waals surface area (Å²) in [6.07, 6.45) is 2.95. The molecule has 1 aliphatic carbocycles. The van der Waals surface area contributed by atoms with Gasteiger partial charge in [0.15, 0.2) is 5.82 Å². The standard InChI is InChI=1S/C24H23N5O2/c25-13-16-1-3-18(4-2-16)19-5-7-20(8-6-19)22-26-27-24(31)29(22)15-17-11-12-28(14-17)23(30)21-9-10-21/h1-8,17,21H,9-12,14-15H2,(H,27,31)/t17-/m1/s1. The van der Waals surface area contributed by atoms with Gasteiger partial charge >= 0.3 is 5.69 Å². The molecule has 2 aliphatic rings. The minimum atomic E-state index is -0.224. The van der Waals surface area contributed by atoms with Crippen LogP contribution in [0.15, 0.2) is 53.3 Å². The van der Waals surface area contributed by atoms with Gasteiger partial charge < -0.3 is 4.90 Å². The van der Waals surface area contributed by atoms with Crippen molar-refractivity contribution in [2.75, 3.05) is 13.1 Å². The molecule has 1 aromatic heterocycles. The van der Waals surface area contributed by atoms with Crippen LogP contribution in [-0.2, 0) is 11.3 Å². The summed E-state index contributed by atoms with van der Waals surface area (Å²) in [5.74, 6) is 1.39. The van der Waals surface area contributed by atoms with Crippen molar-refractivity contribution in [3.05, 3.63) is 64.6 Å². The first-order valence-corrected chi connectivity index (χ1v) is 10.7. The van der Waals surface area contributed by atoms with Crippen LogP contribution >= 0.6 is 0 Å². The topological polar surface area (TPSA) is 94.8 Å². The maximum atomic E-state index is 12.4. The first-order valence-electron chi connectivity index (χ1n) is 10.7. The number of H-pyrrole nitrogens is 1. The molecule has 1 saturated carbocycles. The van der Waals surface area contributed by atoms with Gasteiger partial charge in [-0.1, -0.05) is 36.4 Å². The molecule has 1 atom stereocenters. The number of nitriles is 1. The van der Waals surface area contributed by atoms with Crippen molar-refractivity contribution in [2.24, 2.45) is 11.8 Å². The van der Waals surface area contributed by atoms with Crippen LogP contribution < -0.4 is 5.69 Å². The Hall–Kier alpha value is -3.66. The predicted octanol–water partition coefficient (Wildman–Crippen LogP) is 3.04. The molecule has 0 spiro atoms. The Labute approximate surface area is 179 Å². The highest BCUT2D eigenvalue weighted by Gasteiger charge is 2.36. The number of benzene rings is 2. The molecule has 7 heteroatoms. The van der Waals surface area contributed by atoms with Gasteiger partial charge in [-0.05, 0) is 48.4 Å². The normalized spacial score (nSPS) is 18.2. The SMILES string of the molecule is N#Cc1ccc(-c2ccc(-c3n[nH]c(=O)n3C[C@@H]3CCN(C(=O)C4CC4)C3)cc2)cc1. The van der Waals surface area contributed by atoms with Crippen molar-refractivity contribution in [2.45, 2.75) is 25.8 Å². The van der Waals surface area contributed by atoms with Crippen molar-refractivity contribution in [1.29, 1.82) is 5.26 Å². The highest BCUT2D eigenvalue weighted by atomic mass is 16.2. The van der Waals surface area contributed by atoms with E-state index in [9.17, 15) is 9.59 Å². The van der Waals surface area contributed by atoms with Gasteiger partial charge in [0.25, 0.3) is 0 Å². The monoisotopic (exact) mass is 413 g/mol. The van der Waals surface area contributed by atoms with Crippen LogP contribution in [0, 0.1) is 23.2 Å². The summed E-state index contributed by atoms with van der Waals surface area (Å²) in [6.45, 7) is 2.04. The number of hydrogen-bond donors (Lipinski definition) is 1. The maximum Gasteiger partial charge on any atom is 0.343 e. The fourth-order valence-corrected chi connectivity index (χ4v) is 4.28. The van der Waals surface area contributed by atoms with E-state index < -0.39 is 0 Å². The Morgan fingerprint density at radius 1 is 1.03 bits per heavy atom. The fraction of sp³-hybridized carbons (Fsp3) is 0.333. The van der Waals surface area contributed by atoms with Crippen molar-refractivity contribution in [1.82, 2.24) is 19.7 Å². The summed E-state index contributed by atoms with van der Waals surface area (Å²) in [7, 11) is 0. The molecular formula is C24H23N5O2. The predicted molar refractivity (Wildman–Crippen MR) is 116 cm³/mol. The van der Waals surface area contributed by atoms with Gasteiger partial charge in [0.2, 0.25) is 5.91 Å².